The predicted octanol–water partition coefficient (Wildman–Crippen LogP) is 2.73. The van der Waals surface area contributed by atoms with Gasteiger partial charge in [-0.2, -0.15) is 0 Å². The van der Waals surface area contributed by atoms with Crippen LogP contribution in [0.15, 0.2) is 24.3 Å². The number of amides is 3. The summed E-state index contributed by atoms with van der Waals surface area (Å²) in [6.07, 6.45) is 2.54. The smallest absolute Gasteiger partial charge is 0.234 e. The third-order valence-electron chi connectivity index (χ3n) is 5.29. The van der Waals surface area contributed by atoms with Gasteiger partial charge in [-0.1, -0.05) is 24.6 Å². The van der Waals surface area contributed by atoms with Crippen molar-refractivity contribution in [2.45, 2.75) is 40.0 Å². The van der Waals surface area contributed by atoms with E-state index in [0.717, 1.165) is 24.8 Å². The van der Waals surface area contributed by atoms with Crippen molar-refractivity contribution in [3.63, 3.8) is 0 Å². The third-order valence-corrected chi connectivity index (χ3v) is 5.29. The van der Waals surface area contributed by atoms with Crippen molar-refractivity contribution in [1.29, 1.82) is 0 Å². The molecule has 0 radical (unpaired) electrons. The number of fused-ring (bicyclic) bond motifs is 1. The number of likely N-dealkylation sites (tertiary alicyclic amines) is 1. The number of benzene rings is 1. The lowest BCUT2D eigenvalue weighted by molar-refractivity contribution is -0.140. The summed E-state index contributed by atoms with van der Waals surface area (Å²) >= 11 is 0. The minimum atomic E-state index is -0.201. The van der Waals surface area contributed by atoms with Crippen molar-refractivity contribution in [3.8, 4) is 0 Å². The van der Waals surface area contributed by atoms with Crippen LogP contribution in [0.1, 0.15) is 38.7 Å². The lowest BCUT2D eigenvalue weighted by Crippen LogP contribution is -2.44. The first-order valence-electron chi connectivity index (χ1n) is 8.58. The van der Waals surface area contributed by atoms with Gasteiger partial charge in [0.1, 0.15) is 6.67 Å². The fourth-order valence-corrected chi connectivity index (χ4v) is 3.83. The Morgan fingerprint density at radius 3 is 2.38 bits per heavy atom. The van der Waals surface area contributed by atoms with E-state index in [0.29, 0.717) is 11.6 Å². The maximum absolute atomic E-state index is 12.7. The van der Waals surface area contributed by atoms with E-state index in [1.54, 1.807) is 0 Å². The highest BCUT2D eigenvalue weighted by molar-refractivity contribution is 6.06. The highest BCUT2D eigenvalue weighted by Crippen LogP contribution is 2.40. The Labute approximate surface area is 142 Å². The summed E-state index contributed by atoms with van der Waals surface area (Å²) in [5.41, 5.74) is 1.80. The summed E-state index contributed by atoms with van der Waals surface area (Å²) in [6.45, 7) is 5.57. The van der Waals surface area contributed by atoms with E-state index in [1.165, 1.54) is 16.7 Å². The van der Waals surface area contributed by atoms with Gasteiger partial charge in [-0.05, 0) is 44.2 Å². The molecule has 0 aromatic heterocycles. The minimum absolute atomic E-state index is 0.0114. The van der Waals surface area contributed by atoms with Gasteiger partial charge in [0.2, 0.25) is 17.7 Å². The Kier molecular flexibility index (Phi) is 4.43. The number of hydrogen-bond donors (Lipinski definition) is 0. The molecule has 5 nitrogen and oxygen atoms in total. The molecule has 2 fully saturated rings. The average molecular weight is 328 g/mol. The first kappa shape index (κ1) is 16.7. The van der Waals surface area contributed by atoms with Crippen LogP contribution in [0.5, 0.6) is 0 Å². The van der Waals surface area contributed by atoms with Crippen LogP contribution < -0.4 is 4.90 Å². The molecule has 0 unspecified atom stereocenters. The van der Waals surface area contributed by atoms with E-state index >= 15 is 0 Å². The zero-order chi connectivity index (χ0) is 17.4. The number of aryl methyl sites for hydroxylation is 1. The molecule has 3 rings (SSSR count). The summed E-state index contributed by atoms with van der Waals surface area (Å²) in [4.78, 5) is 40.2. The Morgan fingerprint density at radius 1 is 1.12 bits per heavy atom. The van der Waals surface area contributed by atoms with Crippen molar-refractivity contribution in [2.24, 2.45) is 17.8 Å². The van der Waals surface area contributed by atoms with Gasteiger partial charge < -0.3 is 0 Å². The van der Waals surface area contributed by atoms with Gasteiger partial charge in [0.25, 0.3) is 0 Å². The van der Waals surface area contributed by atoms with Crippen molar-refractivity contribution >= 4 is 23.4 Å². The van der Waals surface area contributed by atoms with Gasteiger partial charge in [-0.3, -0.25) is 24.2 Å². The third kappa shape index (κ3) is 2.95. The number of carbonyl (C=O) groups is 3. The zero-order valence-corrected chi connectivity index (χ0v) is 14.5. The molecule has 1 saturated carbocycles. The molecule has 1 saturated heterocycles. The van der Waals surface area contributed by atoms with Gasteiger partial charge in [0.05, 0.1) is 11.8 Å². The van der Waals surface area contributed by atoms with Crippen LogP contribution >= 0.6 is 0 Å². The number of hydrogen-bond acceptors (Lipinski definition) is 3. The van der Waals surface area contributed by atoms with Crippen LogP contribution in [0.3, 0.4) is 0 Å². The molecule has 0 spiro atoms. The zero-order valence-electron chi connectivity index (χ0n) is 14.5. The fourth-order valence-electron chi connectivity index (χ4n) is 3.83. The van der Waals surface area contributed by atoms with Crippen LogP contribution in [0.4, 0.5) is 5.69 Å². The first-order valence-corrected chi connectivity index (χ1v) is 8.58. The summed E-state index contributed by atoms with van der Waals surface area (Å²) in [5.74, 6) is -0.328. The molecule has 0 N–H and O–H groups in total. The second kappa shape index (κ2) is 6.38. The molecule has 5 heteroatoms. The van der Waals surface area contributed by atoms with Crippen LogP contribution in [0, 0.1) is 24.7 Å². The van der Waals surface area contributed by atoms with Crippen LogP contribution in [0.2, 0.25) is 0 Å². The van der Waals surface area contributed by atoms with Gasteiger partial charge in [-0.15, -0.1) is 0 Å². The monoisotopic (exact) mass is 328 g/mol. The minimum Gasteiger partial charge on any atom is -0.294 e. The van der Waals surface area contributed by atoms with E-state index in [-0.39, 0.29) is 36.2 Å². The molecule has 3 amide bonds. The Bertz CT molecular complexity index is 668. The summed E-state index contributed by atoms with van der Waals surface area (Å²) in [7, 11) is 0. The lowest BCUT2D eigenvalue weighted by Gasteiger charge is -2.26. The Balaban J connectivity index is 1.82. The van der Waals surface area contributed by atoms with Gasteiger partial charge in [-0.25, -0.2) is 0 Å². The Morgan fingerprint density at radius 2 is 1.75 bits per heavy atom. The molecule has 0 bridgehead atoms. The first-order chi connectivity index (χ1) is 11.4. The molecule has 2 aliphatic rings. The molecule has 3 atom stereocenters. The molecule has 24 heavy (non-hydrogen) atoms. The second-order valence-corrected chi connectivity index (χ2v) is 7.16. The molecule has 1 aromatic rings. The highest BCUT2D eigenvalue weighted by atomic mass is 16.2. The van der Waals surface area contributed by atoms with E-state index in [9.17, 15) is 14.4 Å². The number of imide groups is 1. The molecule has 1 aliphatic carbocycles. The quantitative estimate of drug-likeness (QED) is 0.802. The predicted molar refractivity (Wildman–Crippen MR) is 91.1 cm³/mol. The van der Waals surface area contributed by atoms with Crippen LogP contribution in [-0.4, -0.2) is 29.3 Å². The van der Waals surface area contributed by atoms with Crippen molar-refractivity contribution in [3.05, 3.63) is 29.8 Å². The van der Waals surface area contributed by atoms with E-state index < -0.39 is 0 Å². The number of carbonyl (C=O) groups excluding carboxylic acids is 3. The topological polar surface area (TPSA) is 57.7 Å². The number of rotatable bonds is 3. The van der Waals surface area contributed by atoms with E-state index in [2.05, 4.69) is 6.92 Å². The van der Waals surface area contributed by atoms with Crippen LogP contribution in [0.25, 0.3) is 0 Å². The van der Waals surface area contributed by atoms with Crippen LogP contribution in [-0.2, 0) is 14.4 Å². The molecule has 1 aliphatic heterocycles. The molecule has 1 heterocycles. The van der Waals surface area contributed by atoms with E-state index in [1.807, 2.05) is 31.2 Å². The lowest BCUT2D eigenvalue weighted by atomic mass is 9.76. The van der Waals surface area contributed by atoms with Crippen molar-refractivity contribution < 1.29 is 14.4 Å². The van der Waals surface area contributed by atoms with Gasteiger partial charge in [0, 0.05) is 12.6 Å². The number of nitrogens with zero attached hydrogens (tertiary/aromatic N) is 2. The molecular formula is C19H24N2O3. The summed E-state index contributed by atoms with van der Waals surface area (Å²) in [6, 6.07) is 7.52. The van der Waals surface area contributed by atoms with Crippen molar-refractivity contribution in [1.82, 2.24) is 4.90 Å². The summed E-state index contributed by atoms with van der Waals surface area (Å²) in [5, 5.41) is 0. The van der Waals surface area contributed by atoms with Gasteiger partial charge >= 0.3 is 0 Å². The maximum atomic E-state index is 12.7. The van der Waals surface area contributed by atoms with E-state index in [4.69, 9.17) is 0 Å². The highest BCUT2D eigenvalue weighted by Gasteiger charge is 2.49. The molecule has 1 aromatic carbocycles. The normalized spacial score (nSPS) is 26.5. The molecule has 128 valence electrons. The average Bonchev–Trinajstić information content (AvgIpc) is 2.77. The summed E-state index contributed by atoms with van der Waals surface area (Å²) < 4.78 is 0. The van der Waals surface area contributed by atoms with Gasteiger partial charge in [0.15, 0.2) is 0 Å². The standard InChI is InChI=1S/C19H24N2O3/c1-12-4-7-15(8-5-12)20(14(3)22)11-21-18(23)16-9-6-13(2)10-17(16)19(21)24/h4-5,7-8,13,16-17H,6,9-11H2,1-3H3/t13-,16+,17+/m0/s1. The molecular weight excluding hydrogens is 304 g/mol. The number of anilines is 1. The van der Waals surface area contributed by atoms with Crippen molar-refractivity contribution in [2.75, 3.05) is 11.6 Å². The fraction of sp³-hybridized carbons (Fsp3) is 0.526. The SMILES string of the molecule is CC(=O)N(CN1C(=O)[C@@H]2CC[C@H](C)C[C@H]2C1=O)c1ccc(C)cc1. The maximum Gasteiger partial charge on any atom is 0.234 e. The largest absolute Gasteiger partial charge is 0.294 e. The second-order valence-electron chi connectivity index (χ2n) is 7.16. The Hall–Kier alpha value is -2.17.